The average Bonchev–Trinajstić information content (AvgIpc) is 2.16. The number of halogens is 3. The summed E-state index contributed by atoms with van der Waals surface area (Å²) < 4.78 is 26.1. The molecule has 16 heavy (non-hydrogen) atoms. The van der Waals surface area contributed by atoms with Gasteiger partial charge in [-0.1, -0.05) is 0 Å². The van der Waals surface area contributed by atoms with Crippen LogP contribution in [-0.4, -0.2) is 17.1 Å². The lowest BCUT2D eigenvalue weighted by atomic mass is 9.95. The zero-order valence-corrected chi connectivity index (χ0v) is 8.98. The van der Waals surface area contributed by atoms with Gasteiger partial charge in [0.1, 0.15) is 17.7 Å². The molecule has 0 bridgehead atoms. The molecule has 88 valence electrons. The lowest BCUT2D eigenvalue weighted by Gasteiger charge is -2.23. The molecule has 2 N–H and O–H groups in total. The number of carbonyl (C=O) groups is 1. The Morgan fingerprint density at radius 2 is 2.12 bits per heavy atom. The zero-order chi connectivity index (χ0) is 11.0. The van der Waals surface area contributed by atoms with E-state index < -0.39 is 23.6 Å². The van der Waals surface area contributed by atoms with E-state index in [0.717, 1.165) is 6.07 Å². The molecular formula is C10H10ClF2NO2. The Hall–Kier alpha value is -1.20. The van der Waals surface area contributed by atoms with Gasteiger partial charge in [-0.2, -0.15) is 0 Å². The molecule has 0 radical (unpaired) electrons. The first-order valence-electron chi connectivity index (χ1n) is 4.51. The van der Waals surface area contributed by atoms with Gasteiger partial charge in [0.2, 0.25) is 0 Å². The SMILES string of the molecule is Cl.O=C(O)C1Cc2c(F)cc(F)cc2CN1. The normalized spacial score (nSPS) is 18.5. The molecule has 1 aliphatic heterocycles. The predicted molar refractivity (Wildman–Crippen MR) is 55.6 cm³/mol. The molecule has 1 aromatic carbocycles. The second-order valence-corrected chi connectivity index (χ2v) is 3.50. The minimum absolute atomic E-state index is 0. The van der Waals surface area contributed by atoms with Crippen molar-refractivity contribution in [2.45, 2.75) is 19.0 Å². The van der Waals surface area contributed by atoms with E-state index in [0.29, 0.717) is 11.1 Å². The van der Waals surface area contributed by atoms with Crippen molar-refractivity contribution in [1.29, 1.82) is 0 Å². The van der Waals surface area contributed by atoms with Gasteiger partial charge < -0.3 is 10.4 Å². The quantitative estimate of drug-likeness (QED) is 0.793. The smallest absolute Gasteiger partial charge is 0.321 e. The highest BCUT2D eigenvalue weighted by Crippen LogP contribution is 2.21. The number of carboxylic acid groups (broad SMARTS) is 1. The maximum Gasteiger partial charge on any atom is 0.321 e. The lowest BCUT2D eigenvalue weighted by Crippen LogP contribution is -2.42. The van der Waals surface area contributed by atoms with Gasteiger partial charge in [-0.05, 0) is 17.2 Å². The number of hydrogen-bond acceptors (Lipinski definition) is 2. The van der Waals surface area contributed by atoms with Crippen molar-refractivity contribution >= 4 is 18.4 Å². The van der Waals surface area contributed by atoms with Gasteiger partial charge in [-0.25, -0.2) is 8.78 Å². The highest BCUT2D eigenvalue weighted by Gasteiger charge is 2.26. The second kappa shape index (κ2) is 4.76. The summed E-state index contributed by atoms with van der Waals surface area (Å²) in [5, 5.41) is 11.4. The predicted octanol–water partition coefficient (Wildman–Crippen LogP) is 1.49. The molecule has 1 aromatic rings. The molecule has 1 heterocycles. The van der Waals surface area contributed by atoms with Crippen molar-refractivity contribution < 1.29 is 18.7 Å². The van der Waals surface area contributed by atoms with Crippen LogP contribution < -0.4 is 5.32 Å². The van der Waals surface area contributed by atoms with Crippen LogP contribution in [0.5, 0.6) is 0 Å². The molecule has 0 aliphatic carbocycles. The Kier molecular flexibility index (Phi) is 3.83. The van der Waals surface area contributed by atoms with Crippen molar-refractivity contribution in [2.75, 3.05) is 0 Å². The Balaban J connectivity index is 0.00000128. The third-order valence-electron chi connectivity index (χ3n) is 2.50. The molecule has 1 unspecified atom stereocenters. The summed E-state index contributed by atoms with van der Waals surface area (Å²) in [5.74, 6) is -2.33. The van der Waals surface area contributed by atoms with Gasteiger partial charge in [0.05, 0.1) is 0 Å². The number of fused-ring (bicyclic) bond motifs is 1. The van der Waals surface area contributed by atoms with Gasteiger partial charge in [0, 0.05) is 19.0 Å². The van der Waals surface area contributed by atoms with Crippen LogP contribution >= 0.6 is 12.4 Å². The van der Waals surface area contributed by atoms with Crippen LogP contribution in [0.3, 0.4) is 0 Å². The minimum Gasteiger partial charge on any atom is -0.480 e. The topological polar surface area (TPSA) is 49.3 Å². The Morgan fingerprint density at radius 1 is 1.44 bits per heavy atom. The van der Waals surface area contributed by atoms with E-state index in [1.165, 1.54) is 6.07 Å². The van der Waals surface area contributed by atoms with Crippen LogP contribution in [0.2, 0.25) is 0 Å². The molecule has 1 atom stereocenters. The number of benzene rings is 1. The summed E-state index contributed by atoms with van der Waals surface area (Å²) in [5.41, 5.74) is 0.785. The molecule has 0 saturated carbocycles. The van der Waals surface area contributed by atoms with Gasteiger partial charge in [0.15, 0.2) is 0 Å². The zero-order valence-electron chi connectivity index (χ0n) is 8.17. The fraction of sp³-hybridized carbons (Fsp3) is 0.300. The fourth-order valence-electron chi connectivity index (χ4n) is 1.73. The molecule has 0 aromatic heterocycles. The van der Waals surface area contributed by atoms with E-state index in [-0.39, 0.29) is 25.4 Å². The molecule has 2 rings (SSSR count). The Bertz CT molecular complexity index is 426. The fourth-order valence-corrected chi connectivity index (χ4v) is 1.73. The number of nitrogens with one attached hydrogen (secondary N) is 1. The number of rotatable bonds is 1. The van der Waals surface area contributed by atoms with Gasteiger partial charge in [-0.3, -0.25) is 4.79 Å². The van der Waals surface area contributed by atoms with Crippen LogP contribution in [0, 0.1) is 11.6 Å². The van der Waals surface area contributed by atoms with E-state index in [1.807, 2.05) is 0 Å². The third kappa shape index (κ3) is 2.31. The third-order valence-corrected chi connectivity index (χ3v) is 2.50. The molecule has 0 amide bonds. The molecule has 0 spiro atoms. The Labute approximate surface area is 96.9 Å². The Morgan fingerprint density at radius 3 is 2.75 bits per heavy atom. The molecular weight excluding hydrogens is 240 g/mol. The number of hydrogen-bond donors (Lipinski definition) is 2. The first-order valence-corrected chi connectivity index (χ1v) is 4.51. The van der Waals surface area contributed by atoms with Crippen LogP contribution in [0.25, 0.3) is 0 Å². The van der Waals surface area contributed by atoms with Crippen molar-refractivity contribution in [3.8, 4) is 0 Å². The lowest BCUT2D eigenvalue weighted by molar-refractivity contribution is -0.139. The summed E-state index contributed by atoms with van der Waals surface area (Å²) in [4.78, 5) is 10.7. The summed E-state index contributed by atoms with van der Waals surface area (Å²) in [7, 11) is 0. The van der Waals surface area contributed by atoms with Crippen molar-refractivity contribution in [2.24, 2.45) is 0 Å². The summed E-state index contributed by atoms with van der Waals surface area (Å²) in [6.45, 7) is 0.182. The maximum atomic E-state index is 13.3. The molecule has 0 saturated heterocycles. The van der Waals surface area contributed by atoms with Crippen LogP contribution in [0.4, 0.5) is 8.78 Å². The summed E-state index contributed by atoms with van der Waals surface area (Å²) in [6.07, 6.45) is 0.0524. The highest BCUT2D eigenvalue weighted by atomic mass is 35.5. The van der Waals surface area contributed by atoms with Gasteiger partial charge >= 0.3 is 5.97 Å². The molecule has 0 fully saturated rings. The molecule has 6 heteroatoms. The first-order chi connectivity index (χ1) is 7.08. The second-order valence-electron chi connectivity index (χ2n) is 3.50. The standard InChI is InChI=1S/C10H9F2NO2.ClH/c11-6-1-5-4-13-9(10(14)15)3-7(5)8(12)2-6;/h1-2,9,13H,3-4H2,(H,14,15);1H. The van der Waals surface area contributed by atoms with Crippen LogP contribution in [0.15, 0.2) is 12.1 Å². The largest absolute Gasteiger partial charge is 0.480 e. The number of carboxylic acids is 1. The maximum absolute atomic E-state index is 13.3. The van der Waals surface area contributed by atoms with Crippen LogP contribution in [-0.2, 0) is 17.8 Å². The monoisotopic (exact) mass is 249 g/mol. The van der Waals surface area contributed by atoms with E-state index in [4.69, 9.17) is 5.11 Å². The van der Waals surface area contributed by atoms with E-state index in [9.17, 15) is 13.6 Å². The molecule has 1 aliphatic rings. The van der Waals surface area contributed by atoms with E-state index in [2.05, 4.69) is 5.32 Å². The first kappa shape index (κ1) is 12.9. The highest BCUT2D eigenvalue weighted by molar-refractivity contribution is 5.85. The number of aliphatic carboxylic acids is 1. The average molecular weight is 250 g/mol. The van der Waals surface area contributed by atoms with E-state index >= 15 is 0 Å². The van der Waals surface area contributed by atoms with Gasteiger partial charge in [0.25, 0.3) is 0 Å². The summed E-state index contributed by atoms with van der Waals surface area (Å²) >= 11 is 0. The van der Waals surface area contributed by atoms with Crippen molar-refractivity contribution in [3.63, 3.8) is 0 Å². The van der Waals surface area contributed by atoms with Crippen molar-refractivity contribution in [1.82, 2.24) is 5.32 Å². The summed E-state index contributed by atoms with van der Waals surface area (Å²) in [6, 6.07) is 1.21. The minimum atomic E-state index is -1.02. The van der Waals surface area contributed by atoms with E-state index in [1.54, 1.807) is 0 Å². The van der Waals surface area contributed by atoms with Gasteiger partial charge in [-0.15, -0.1) is 12.4 Å². The molecule has 3 nitrogen and oxygen atoms in total. The van der Waals surface area contributed by atoms with Crippen LogP contribution in [0.1, 0.15) is 11.1 Å². The van der Waals surface area contributed by atoms with Crippen molar-refractivity contribution in [3.05, 3.63) is 34.9 Å².